The first-order valence-corrected chi connectivity index (χ1v) is 11.5. The molecule has 0 spiro atoms. The highest BCUT2D eigenvalue weighted by Crippen LogP contribution is 2.36. The van der Waals surface area contributed by atoms with Crippen molar-refractivity contribution in [3.63, 3.8) is 0 Å². The molecule has 1 saturated carbocycles. The minimum Gasteiger partial charge on any atom is -0.370 e. The number of aryl methyl sites for hydroxylation is 1. The number of hydrogen-bond acceptors (Lipinski definition) is 5. The van der Waals surface area contributed by atoms with Crippen LogP contribution < -0.4 is 21.6 Å². The van der Waals surface area contributed by atoms with Gasteiger partial charge in [-0.15, -0.1) is 0 Å². The molecule has 0 aromatic heterocycles. The van der Waals surface area contributed by atoms with Crippen LogP contribution >= 0.6 is 0 Å². The van der Waals surface area contributed by atoms with Crippen LogP contribution in [-0.2, 0) is 10.0 Å². The van der Waals surface area contributed by atoms with Crippen molar-refractivity contribution in [1.29, 1.82) is 5.41 Å². The van der Waals surface area contributed by atoms with E-state index in [1.165, 1.54) is 36.3 Å². The molecule has 7 N–H and O–H groups in total. The maximum Gasteiger partial charge on any atom is 0.343 e. The Balaban J connectivity index is 0.000000323. The van der Waals surface area contributed by atoms with Crippen molar-refractivity contribution < 1.29 is 13.2 Å². The van der Waals surface area contributed by atoms with Crippen molar-refractivity contribution in [2.45, 2.75) is 31.1 Å². The summed E-state index contributed by atoms with van der Waals surface area (Å²) in [6, 6.07) is 5.69. The Hall–Kier alpha value is -2.86. The van der Waals surface area contributed by atoms with E-state index in [-0.39, 0.29) is 16.8 Å². The third-order valence-electron chi connectivity index (χ3n) is 5.20. The van der Waals surface area contributed by atoms with Crippen molar-refractivity contribution in [2.75, 3.05) is 27.2 Å². The molecular weight excluding hydrogens is 420 g/mol. The number of nitrogens with one attached hydrogen (secondary N) is 3. The molecule has 1 saturated heterocycles. The summed E-state index contributed by atoms with van der Waals surface area (Å²) in [5, 5.41) is 8.88. The van der Waals surface area contributed by atoms with Crippen LogP contribution in [0.25, 0.3) is 0 Å². The number of carbonyl (C=O) groups is 1. The fourth-order valence-corrected chi connectivity index (χ4v) is 4.52. The highest BCUT2D eigenvalue weighted by molar-refractivity contribution is 7.90. The summed E-state index contributed by atoms with van der Waals surface area (Å²) in [6.45, 7) is 3.49. The number of guanidine groups is 2. The third kappa shape index (κ3) is 7.40. The summed E-state index contributed by atoms with van der Waals surface area (Å²) in [5.41, 5.74) is 13.6. The number of fused-ring (bicyclic) bond motifs is 1. The van der Waals surface area contributed by atoms with Crippen molar-refractivity contribution in [3.05, 3.63) is 29.8 Å². The van der Waals surface area contributed by atoms with Gasteiger partial charge < -0.3 is 16.4 Å². The van der Waals surface area contributed by atoms with Crippen molar-refractivity contribution in [3.8, 4) is 0 Å². The van der Waals surface area contributed by atoms with Crippen LogP contribution in [0.2, 0.25) is 0 Å². The SMILES string of the molecule is CN(C)C(=N)N=C(N)N.Cc1ccc(S(=O)(=O)NC(=O)NN2CC3CCCC3C2)cc1. The monoisotopic (exact) mass is 452 g/mol. The number of benzene rings is 1. The quantitative estimate of drug-likeness (QED) is 0.326. The molecule has 2 fully saturated rings. The number of nitrogens with two attached hydrogens (primary N) is 2. The minimum atomic E-state index is -3.83. The van der Waals surface area contributed by atoms with E-state index in [0.717, 1.165) is 18.7 Å². The van der Waals surface area contributed by atoms with Gasteiger partial charge in [0.15, 0.2) is 5.96 Å². The maximum absolute atomic E-state index is 12.1. The molecule has 2 atom stereocenters. The normalized spacial score (nSPS) is 20.1. The Morgan fingerprint density at radius 1 is 1.16 bits per heavy atom. The van der Waals surface area contributed by atoms with Crippen molar-refractivity contribution in [1.82, 2.24) is 20.1 Å². The lowest BCUT2D eigenvalue weighted by atomic mass is 10.0. The van der Waals surface area contributed by atoms with Gasteiger partial charge in [-0.3, -0.25) is 10.8 Å². The van der Waals surface area contributed by atoms with Gasteiger partial charge in [0.05, 0.1) is 4.90 Å². The number of sulfonamides is 1. The number of amides is 2. The van der Waals surface area contributed by atoms with Gasteiger partial charge in [0, 0.05) is 27.2 Å². The molecule has 0 radical (unpaired) electrons. The second-order valence-corrected chi connectivity index (χ2v) is 9.65. The van der Waals surface area contributed by atoms with E-state index >= 15 is 0 Å². The van der Waals surface area contributed by atoms with Crippen LogP contribution in [0.15, 0.2) is 34.2 Å². The van der Waals surface area contributed by atoms with E-state index in [9.17, 15) is 13.2 Å². The Morgan fingerprint density at radius 3 is 2.16 bits per heavy atom. The molecule has 2 aliphatic rings. The smallest absolute Gasteiger partial charge is 0.343 e. The highest BCUT2D eigenvalue weighted by atomic mass is 32.2. The van der Waals surface area contributed by atoms with Crippen LogP contribution in [0.5, 0.6) is 0 Å². The average Bonchev–Trinajstić information content (AvgIpc) is 3.23. The van der Waals surface area contributed by atoms with Crippen LogP contribution in [0.1, 0.15) is 24.8 Å². The largest absolute Gasteiger partial charge is 0.370 e. The Kier molecular flexibility index (Phi) is 8.22. The van der Waals surface area contributed by atoms with Crippen molar-refractivity contribution in [2.24, 2.45) is 28.3 Å². The van der Waals surface area contributed by atoms with E-state index < -0.39 is 16.1 Å². The first-order valence-electron chi connectivity index (χ1n) is 9.98. The fourth-order valence-electron chi connectivity index (χ4n) is 3.61. The van der Waals surface area contributed by atoms with Gasteiger partial charge in [-0.25, -0.2) is 22.9 Å². The first-order chi connectivity index (χ1) is 14.5. The van der Waals surface area contributed by atoms with E-state index in [1.54, 1.807) is 26.2 Å². The van der Waals surface area contributed by atoms with E-state index in [1.807, 2.05) is 11.9 Å². The number of aliphatic imine (C=N–C) groups is 1. The lowest BCUT2D eigenvalue weighted by molar-refractivity contribution is 0.195. The molecule has 12 heteroatoms. The van der Waals surface area contributed by atoms with Gasteiger partial charge in [-0.05, 0) is 43.7 Å². The number of nitrogens with zero attached hydrogens (tertiary/aromatic N) is 3. The van der Waals surface area contributed by atoms with Crippen LogP contribution in [0, 0.1) is 24.2 Å². The Labute approximate surface area is 183 Å². The second-order valence-electron chi connectivity index (χ2n) is 7.97. The number of hydrazine groups is 1. The molecule has 31 heavy (non-hydrogen) atoms. The molecule has 3 rings (SSSR count). The zero-order chi connectivity index (χ0) is 23.2. The molecular formula is C19H32N8O3S. The number of carbonyl (C=O) groups excluding carboxylic acids is 1. The summed E-state index contributed by atoms with van der Waals surface area (Å²) < 4.78 is 26.3. The summed E-state index contributed by atoms with van der Waals surface area (Å²) in [7, 11) is -0.447. The fraction of sp³-hybridized carbons (Fsp3) is 0.526. The van der Waals surface area contributed by atoms with E-state index in [2.05, 4.69) is 15.1 Å². The van der Waals surface area contributed by atoms with E-state index in [4.69, 9.17) is 16.9 Å². The summed E-state index contributed by atoms with van der Waals surface area (Å²) >= 11 is 0. The number of hydrogen-bond donors (Lipinski definition) is 5. The predicted octanol–water partition coefficient (Wildman–Crippen LogP) is 0.386. The second kappa shape index (κ2) is 10.4. The molecule has 2 unspecified atom stereocenters. The topological polar surface area (TPSA) is 170 Å². The molecule has 0 bridgehead atoms. The molecule has 172 valence electrons. The zero-order valence-corrected chi connectivity index (χ0v) is 18.9. The molecule has 1 aliphatic heterocycles. The minimum absolute atomic E-state index is 0.0509. The van der Waals surface area contributed by atoms with Crippen LogP contribution in [0.4, 0.5) is 4.79 Å². The predicted molar refractivity (Wildman–Crippen MR) is 120 cm³/mol. The Bertz CT molecular complexity index is 899. The van der Waals surface area contributed by atoms with Crippen LogP contribution in [0.3, 0.4) is 0 Å². The van der Waals surface area contributed by atoms with Gasteiger partial charge in [-0.1, -0.05) is 24.1 Å². The van der Waals surface area contributed by atoms with Gasteiger partial charge in [0.2, 0.25) is 5.96 Å². The number of urea groups is 1. The Morgan fingerprint density at radius 2 is 1.71 bits per heavy atom. The standard InChI is InChI=1S/C15H21N3O3S.C4H11N5/c1-11-5-7-14(8-6-11)22(20,21)17-15(19)16-18-9-12-3-2-4-13(12)10-18;1-9(2)4(7)8-3(5)6/h5-8,12-13H,2-4,9-10H2,1H3,(H2,16,17,19);1-2H3,(H5,5,6,7,8). The molecule has 1 aromatic rings. The summed E-state index contributed by atoms with van der Waals surface area (Å²) in [5.74, 6) is 1.23. The zero-order valence-electron chi connectivity index (χ0n) is 18.1. The van der Waals surface area contributed by atoms with Gasteiger partial charge >= 0.3 is 6.03 Å². The molecule has 1 aromatic carbocycles. The molecule has 2 amide bonds. The van der Waals surface area contributed by atoms with Crippen molar-refractivity contribution >= 4 is 28.0 Å². The summed E-state index contributed by atoms with van der Waals surface area (Å²) in [6.07, 6.45) is 3.66. The van der Waals surface area contributed by atoms with Crippen LogP contribution in [-0.4, -0.2) is 63.5 Å². The maximum atomic E-state index is 12.1. The highest BCUT2D eigenvalue weighted by Gasteiger charge is 2.36. The number of rotatable bonds is 3. The molecule has 1 heterocycles. The van der Waals surface area contributed by atoms with Gasteiger partial charge in [0.1, 0.15) is 0 Å². The first kappa shape index (κ1) is 24.4. The molecule has 1 aliphatic carbocycles. The summed E-state index contributed by atoms with van der Waals surface area (Å²) in [4.78, 5) is 17.0. The lowest BCUT2D eigenvalue weighted by Gasteiger charge is -2.18. The third-order valence-corrected chi connectivity index (χ3v) is 6.55. The van der Waals surface area contributed by atoms with Gasteiger partial charge in [0.25, 0.3) is 10.0 Å². The van der Waals surface area contributed by atoms with E-state index in [0.29, 0.717) is 11.8 Å². The van der Waals surface area contributed by atoms with Gasteiger partial charge in [-0.2, -0.15) is 4.99 Å². The molecule has 11 nitrogen and oxygen atoms in total. The average molecular weight is 453 g/mol. The lowest BCUT2D eigenvalue weighted by Crippen LogP contribution is -2.48.